The highest BCUT2D eigenvalue weighted by Crippen LogP contribution is 2.16. The van der Waals surface area contributed by atoms with Gasteiger partial charge in [-0.25, -0.2) is 4.79 Å². The number of amides is 1. The van der Waals surface area contributed by atoms with Crippen LogP contribution < -0.4 is 0 Å². The highest BCUT2D eigenvalue weighted by atomic mass is 16.5. The number of piperidine rings is 1. The predicted molar refractivity (Wildman–Crippen MR) is 53.3 cm³/mol. The summed E-state index contributed by atoms with van der Waals surface area (Å²) in [4.78, 5) is 12.2. The molecule has 1 rings (SSSR count). The summed E-state index contributed by atoms with van der Waals surface area (Å²) in [6.07, 6.45) is 2.88. The van der Waals surface area contributed by atoms with Crippen molar-refractivity contribution in [2.24, 2.45) is 5.92 Å². The predicted octanol–water partition coefficient (Wildman–Crippen LogP) is 1.58. The quantitative estimate of drug-likeness (QED) is 0.552. The Morgan fingerprint density at radius 2 is 2.50 bits per heavy atom. The number of likely N-dealkylation sites (tertiary alicyclic amines) is 1. The van der Waals surface area contributed by atoms with Gasteiger partial charge in [-0.1, -0.05) is 6.08 Å². The summed E-state index contributed by atoms with van der Waals surface area (Å²) in [7, 11) is 0. The molecule has 80 valence electrons. The van der Waals surface area contributed by atoms with Crippen LogP contribution in [-0.2, 0) is 4.74 Å². The van der Waals surface area contributed by atoms with Crippen LogP contribution in [0.1, 0.15) is 12.8 Å². The van der Waals surface area contributed by atoms with E-state index >= 15 is 0 Å². The standard InChI is InChI=1S/C10H17NO3/c1-2-6-14-8-9-4-3-5-11(7-9)10(12)13/h2,9H,1,3-8H2,(H,12,13)/t9-/m0/s1. The van der Waals surface area contributed by atoms with E-state index in [9.17, 15) is 4.79 Å². The van der Waals surface area contributed by atoms with Crippen molar-refractivity contribution < 1.29 is 14.6 Å². The zero-order valence-electron chi connectivity index (χ0n) is 8.32. The van der Waals surface area contributed by atoms with E-state index in [-0.39, 0.29) is 0 Å². The van der Waals surface area contributed by atoms with Gasteiger partial charge in [0, 0.05) is 19.0 Å². The maximum atomic E-state index is 10.7. The molecule has 4 nitrogen and oxygen atoms in total. The Kier molecular flexibility index (Phi) is 4.46. The molecule has 0 saturated carbocycles. The molecule has 0 radical (unpaired) electrons. The first-order valence-electron chi connectivity index (χ1n) is 4.90. The number of nitrogens with zero attached hydrogens (tertiary/aromatic N) is 1. The molecule has 0 aliphatic carbocycles. The van der Waals surface area contributed by atoms with Gasteiger partial charge in [0.15, 0.2) is 0 Å². The second-order valence-electron chi connectivity index (χ2n) is 3.56. The summed E-state index contributed by atoms with van der Waals surface area (Å²) in [6.45, 7) is 6.00. The van der Waals surface area contributed by atoms with E-state index in [4.69, 9.17) is 9.84 Å². The van der Waals surface area contributed by atoms with Crippen molar-refractivity contribution in [3.63, 3.8) is 0 Å². The van der Waals surface area contributed by atoms with Gasteiger partial charge in [-0.05, 0) is 12.8 Å². The van der Waals surface area contributed by atoms with Crippen LogP contribution >= 0.6 is 0 Å². The van der Waals surface area contributed by atoms with Crippen LogP contribution in [-0.4, -0.2) is 42.4 Å². The Hall–Kier alpha value is -1.03. The van der Waals surface area contributed by atoms with E-state index in [1.807, 2.05) is 0 Å². The summed E-state index contributed by atoms with van der Waals surface area (Å²) in [6, 6.07) is 0. The number of carboxylic acid groups (broad SMARTS) is 1. The van der Waals surface area contributed by atoms with Gasteiger partial charge in [-0.2, -0.15) is 0 Å². The summed E-state index contributed by atoms with van der Waals surface area (Å²) in [5, 5.41) is 8.80. The third-order valence-corrected chi connectivity index (χ3v) is 2.38. The molecule has 1 amide bonds. The third kappa shape index (κ3) is 3.38. The Bertz CT molecular complexity index is 206. The Labute approximate surface area is 84.2 Å². The van der Waals surface area contributed by atoms with E-state index in [0.717, 1.165) is 12.8 Å². The monoisotopic (exact) mass is 199 g/mol. The minimum absolute atomic E-state index is 0.347. The first kappa shape index (κ1) is 11.0. The fraction of sp³-hybridized carbons (Fsp3) is 0.700. The lowest BCUT2D eigenvalue weighted by atomic mass is 9.99. The van der Waals surface area contributed by atoms with Crippen LogP contribution in [0.25, 0.3) is 0 Å². The fourth-order valence-corrected chi connectivity index (χ4v) is 1.69. The van der Waals surface area contributed by atoms with Crippen molar-refractivity contribution >= 4 is 6.09 Å². The number of hydrogen-bond acceptors (Lipinski definition) is 2. The summed E-state index contributed by atoms with van der Waals surface area (Å²) >= 11 is 0. The van der Waals surface area contributed by atoms with Gasteiger partial charge in [0.2, 0.25) is 0 Å². The average molecular weight is 199 g/mol. The van der Waals surface area contributed by atoms with Gasteiger partial charge in [0.25, 0.3) is 0 Å². The van der Waals surface area contributed by atoms with Gasteiger partial charge >= 0.3 is 6.09 Å². The maximum absolute atomic E-state index is 10.7. The third-order valence-electron chi connectivity index (χ3n) is 2.38. The Balaban J connectivity index is 2.25. The smallest absolute Gasteiger partial charge is 0.407 e. The van der Waals surface area contributed by atoms with E-state index in [0.29, 0.717) is 32.2 Å². The topological polar surface area (TPSA) is 49.8 Å². The van der Waals surface area contributed by atoms with E-state index in [2.05, 4.69) is 6.58 Å². The molecule has 14 heavy (non-hydrogen) atoms. The maximum Gasteiger partial charge on any atom is 0.407 e. The molecule has 0 unspecified atom stereocenters. The zero-order valence-corrected chi connectivity index (χ0v) is 8.32. The molecule has 1 saturated heterocycles. The van der Waals surface area contributed by atoms with Crippen molar-refractivity contribution in [1.82, 2.24) is 4.90 Å². The lowest BCUT2D eigenvalue weighted by molar-refractivity contribution is 0.0708. The van der Waals surface area contributed by atoms with Crippen molar-refractivity contribution in [1.29, 1.82) is 0 Å². The number of ether oxygens (including phenoxy) is 1. The van der Waals surface area contributed by atoms with E-state index in [1.165, 1.54) is 4.90 Å². The lowest BCUT2D eigenvalue weighted by Crippen LogP contribution is -2.40. The Morgan fingerprint density at radius 3 is 3.14 bits per heavy atom. The highest BCUT2D eigenvalue weighted by molar-refractivity contribution is 5.65. The van der Waals surface area contributed by atoms with E-state index in [1.54, 1.807) is 6.08 Å². The molecule has 0 aromatic carbocycles. The van der Waals surface area contributed by atoms with Crippen LogP contribution in [0.15, 0.2) is 12.7 Å². The molecular weight excluding hydrogens is 182 g/mol. The molecule has 1 fully saturated rings. The molecule has 1 N–H and O–H groups in total. The van der Waals surface area contributed by atoms with Crippen LogP contribution in [0.3, 0.4) is 0 Å². The van der Waals surface area contributed by atoms with Crippen LogP contribution in [0, 0.1) is 5.92 Å². The SMILES string of the molecule is C=CCOC[C@H]1CCCN(C(=O)O)C1. The zero-order chi connectivity index (χ0) is 10.4. The van der Waals surface area contributed by atoms with Crippen molar-refractivity contribution in [3.05, 3.63) is 12.7 Å². The normalized spacial score (nSPS) is 22.0. The van der Waals surface area contributed by atoms with Gasteiger partial charge < -0.3 is 14.7 Å². The van der Waals surface area contributed by atoms with Gasteiger partial charge in [-0.3, -0.25) is 0 Å². The van der Waals surface area contributed by atoms with Crippen molar-refractivity contribution in [3.8, 4) is 0 Å². The minimum atomic E-state index is -0.821. The molecule has 4 heteroatoms. The molecule has 0 bridgehead atoms. The first-order chi connectivity index (χ1) is 6.74. The van der Waals surface area contributed by atoms with E-state index < -0.39 is 6.09 Å². The van der Waals surface area contributed by atoms with Gasteiger partial charge in [0.05, 0.1) is 13.2 Å². The highest BCUT2D eigenvalue weighted by Gasteiger charge is 2.22. The lowest BCUT2D eigenvalue weighted by Gasteiger charge is -2.30. The largest absolute Gasteiger partial charge is 0.465 e. The summed E-state index contributed by atoms with van der Waals surface area (Å²) in [5.74, 6) is 0.347. The summed E-state index contributed by atoms with van der Waals surface area (Å²) in [5.41, 5.74) is 0. The second kappa shape index (κ2) is 5.65. The van der Waals surface area contributed by atoms with Crippen LogP contribution in [0.4, 0.5) is 4.79 Å². The van der Waals surface area contributed by atoms with Crippen molar-refractivity contribution in [2.75, 3.05) is 26.3 Å². The first-order valence-corrected chi connectivity index (χ1v) is 4.90. The second-order valence-corrected chi connectivity index (χ2v) is 3.56. The molecule has 1 heterocycles. The van der Waals surface area contributed by atoms with Crippen LogP contribution in [0.2, 0.25) is 0 Å². The summed E-state index contributed by atoms with van der Waals surface area (Å²) < 4.78 is 5.31. The number of hydrogen-bond donors (Lipinski definition) is 1. The molecular formula is C10H17NO3. The Morgan fingerprint density at radius 1 is 1.71 bits per heavy atom. The molecule has 0 spiro atoms. The molecule has 0 aromatic heterocycles. The van der Waals surface area contributed by atoms with Crippen LogP contribution in [0.5, 0.6) is 0 Å². The molecule has 1 atom stereocenters. The average Bonchev–Trinajstić information content (AvgIpc) is 2.19. The molecule has 1 aliphatic heterocycles. The van der Waals surface area contributed by atoms with Gasteiger partial charge in [0.1, 0.15) is 0 Å². The van der Waals surface area contributed by atoms with Gasteiger partial charge in [-0.15, -0.1) is 6.58 Å². The molecule has 0 aromatic rings. The minimum Gasteiger partial charge on any atom is -0.465 e. The number of carbonyl (C=O) groups is 1. The van der Waals surface area contributed by atoms with Crippen molar-refractivity contribution in [2.45, 2.75) is 12.8 Å². The molecule has 1 aliphatic rings. The fourth-order valence-electron chi connectivity index (χ4n) is 1.69. The number of rotatable bonds is 4.